The Balaban J connectivity index is 2.08. The molecule has 0 aliphatic carbocycles. The number of halogens is 3. The van der Waals surface area contributed by atoms with Gasteiger partial charge in [0.05, 0.1) is 4.90 Å². The van der Waals surface area contributed by atoms with Crippen LogP contribution in [0.5, 0.6) is 0 Å². The topological polar surface area (TPSA) is 66.5 Å². The maximum atomic E-state index is 12.4. The standard InChI is InChI=1S/C14H17F3N2O3S/c15-14(16,17)10-18-13(20)11-4-6-12(7-5-11)23(21,22)19-8-2-1-3-9-19/h4-7H,1-3,8-10H2,(H,18,20). The van der Waals surface area contributed by atoms with Gasteiger partial charge in [0.25, 0.3) is 5.91 Å². The molecule has 0 saturated carbocycles. The second kappa shape index (κ2) is 6.88. The van der Waals surface area contributed by atoms with Gasteiger partial charge in [0, 0.05) is 18.7 Å². The molecule has 1 N–H and O–H groups in total. The molecule has 1 aromatic rings. The zero-order valence-electron chi connectivity index (χ0n) is 12.3. The number of hydrogen-bond donors (Lipinski definition) is 1. The number of piperidine rings is 1. The molecule has 1 aliphatic rings. The van der Waals surface area contributed by atoms with Crippen molar-refractivity contribution >= 4 is 15.9 Å². The number of sulfonamides is 1. The Morgan fingerprint density at radius 3 is 2.17 bits per heavy atom. The molecule has 9 heteroatoms. The molecule has 5 nitrogen and oxygen atoms in total. The second-order valence-electron chi connectivity index (χ2n) is 5.29. The Morgan fingerprint density at radius 2 is 1.65 bits per heavy atom. The van der Waals surface area contributed by atoms with Crippen molar-refractivity contribution in [3.05, 3.63) is 29.8 Å². The fourth-order valence-corrected chi connectivity index (χ4v) is 3.83. The van der Waals surface area contributed by atoms with Gasteiger partial charge in [0.2, 0.25) is 10.0 Å². The highest BCUT2D eigenvalue weighted by molar-refractivity contribution is 7.89. The molecule has 0 atom stereocenters. The molecule has 1 fully saturated rings. The Morgan fingerprint density at radius 1 is 1.09 bits per heavy atom. The smallest absolute Gasteiger partial charge is 0.343 e. The van der Waals surface area contributed by atoms with Crippen LogP contribution in [-0.4, -0.2) is 44.4 Å². The van der Waals surface area contributed by atoms with Crippen LogP contribution in [0.3, 0.4) is 0 Å². The molecule has 0 bridgehead atoms. The average Bonchev–Trinajstić information content (AvgIpc) is 2.53. The lowest BCUT2D eigenvalue weighted by atomic mass is 10.2. The Labute approximate surface area is 132 Å². The number of amides is 1. The fourth-order valence-electron chi connectivity index (χ4n) is 2.32. The summed E-state index contributed by atoms with van der Waals surface area (Å²) in [5, 5.41) is 1.74. The third kappa shape index (κ3) is 4.68. The Bertz CT molecular complexity index is 651. The second-order valence-corrected chi connectivity index (χ2v) is 7.22. The minimum Gasteiger partial charge on any atom is -0.343 e. The summed E-state index contributed by atoms with van der Waals surface area (Å²) in [5.41, 5.74) is -0.0214. The van der Waals surface area contributed by atoms with Crippen LogP contribution in [-0.2, 0) is 10.0 Å². The van der Waals surface area contributed by atoms with Crippen molar-refractivity contribution < 1.29 is 26.4 Å². The minimum absolute atomic E-state index is 0.0214. The highest BCUT2D eigenvalue weighted by Crippen LogP contribution is 2.21. The van der Waals surface area contributed by atoms with Crippen LogP contribution in [0, 0.1) is 0 Å². The molecule has 0 aromatic heterocycles. The van der Waals surface area contributed by atoms with Crippen LogP contribution < -0.4 is 5.32 Å². The van der Waals surface area contributed by atoms with E-state index in [-0.39, 0.29) is 10.5 Å². The molecule has 1 amide bonds. The van der Waals surface area contributed by atoms with Gasteiger partial charge >= 0.3 is 6.18 Å². The van der Waals surface area contributed by atoms with E-state index in [2.05, 4.69) is 0 Å². The number of carbonyl (C=O) groups is 1. The van der Waals surface area contributed by atoms with Crippen molar-refractivity contribution in [2.45, 2.75) is 30.3 Å². The van der Waals surface area contributed by atoms with Crippen LogP contribution in [0.25, 0.3) is 0 Å². The summed E-state index contributed by atoms with van der Waals surface area (Å²) in [7, 11) is -3.62. The largest absolute Gasteiger partial charge is 0.405 e. The molecule has 1 saturated heterocycles. The van der Waals surface area contributed by atoms with Gasteiger partial charge in [-0.1, -0.05) is 6.42 Å². The van der Waals surface area contributed by atoms with Crippen LogP contribution >= 0.6 is 0 Å². The van der Waals surface area contributed by atoms with E-state index in [9.17, 15) is 26.4 Å². The number of rotatable bonds is 4. The zero-order chi connectivity index (χ0) is 17.1. The van der Waals surface area contributed by atoms with Crippen molar-refractivity contribution in [2.24, 2.45) is 0 Å². The van der Waals surface area contributed by atoms with Crippen LogP contribution in [0.2, 0.25) is 0 Å². The van der Waals surface area contributed by atoms with E-state index in [1.54, 1.807) is 5.32 Å². The lowest BCUT2D eigenvalue weighted by Crippen LogP contribution is -2.35. The van der Waals surface area contributed by atoms with Gasteiger partial charge in [-0.2, -0.15) is 17.5 Å². The Hall–Kier alpha value is -1.61. The summed E-state index contributed by atoms with van der Waals surface area (Å²) in [5.74, 6) is -0.899. The summed E-state index contributed by atoms with van der Waals surface area (Å²) in [4.78, 5) is 11.6. The number of alkyl halides is 3. The number of benzene rings is 1. The number of nitrogens with zero attached hydrogens (tertiary/aromatic N) is 1. The molecular weight excluding hydrogens is 333 g/mol. The predicted octanol–water partition coefficient (Wildman–Crippen LogP) is 2.15. The summed E-state index contributed by atoms with van der Waals surface area (Å²) < 4.78 is 62.4. The average molecular weight is 350 g/mol. The molecule has 0 unspecified atom stereocenters. The first-order chi connectivity index (χ1) is 10.7. The maximum absolute atomic E-state index is 12.4. The lowest BCUT2D eigenvalue weighted by Gasteiger charge is -2.25. The minimum atomic E-state index is -4.49. The third-order valence-corrected chi connectivity index (χ3v) is 5.43. The molecule has 1 heterocycles. The molecule has 0 spiro atoms. The number of carbonyl (C=O) groups excluding carboxylic acids is 1. The van der Waals surface area contributed by atoms with E-state index in [0.717, 1.165) is 19.3 Å². The monoisotopic (exact) mass is 350 g/mol. The SMILES string of the molecule is O=C(NCC(F)(F)F)c1ccc(S(=O)(=O)N2CCCCC2)cc1. The first-order valence-corrected chi connectivity index (χ1v) is 8.59. The van der Waals surface area contributed by atoms with Gasteiger partial charge < -0.3 is 5.32 Å². The van der Waals surface area contributed by atoms with E-state index in [1.165, 1.54) is 28.6 Å². The molecule has 23 heavy (non-hydrogen) atoms. The van der Waals surface area contributed by atoms with E-state index < -0.39 is 28.7 Å². The van der Waals surface area contributed by atoms with Gasteiger partial charge in [-0.3, -0.25) is 4.79 Å². The van der Waals surface area contributed by atoms with E-state index >= 15 is 0 Å². The van der Waals surface area contributed by atoms with Crippen LogP contribution in [0.1, 0.15) is 29.6 Å². The van der Waals surface area contributed by atoms with Gasteiger partial charge in [0.1, 0.15) is 6.54 Å². The fraction of sp³-hybridized carbons (Fsp3) is 0.500. The Kier molecular flexibility index (Phi) is 5.30. The molecule has 1 aliphatic heterocycles. The van der Waals surface area contributed by atoms with E-state index in [1.807, 2.05) is 0 Å². The van der Waals surface area contributed by atoms with Crippen molar-refractivity contribution in [3.63, 3.8) is 0 Å². The quantitative estimate of drug-likeness (QED) is 0.905. The van der Waals surface area contributed by atoms with Crippen molar-refractivity contribution in [3.8, 4) is 0 Å². The van der Waals surface area contributed by atoms with Gasteiger partial charge in [-0.05, 0) is 37.1 Å². The van der Waals surface area contributed by atoms with Gasteiger partial charge in [-0.25, -0.2) is 8.42 Å². The molecular formula is C14H17F3N2O3S. The van der Waals surface area contributed by atoms with E-state index in [0.29, 0.717) is 13.1 Å². The molecule has 2 rings (SSSR count). The highest BCUT2D eigenvalue weighted by Gasteiger charge is 2.28. The van der Waals surface area contributed by atoms with Crippen LogP contribution in [0.4, 0.5) is 13.2 Å². The van der Waals surface area contributed by atoms with Crippen molar-refractivity contribution in [1.82, 2.24) is 9.62 Å². The molecule has 0 radical (unpaired) electrons. The predicted molar refractivity (Wildman–Crippen MR) is 77.4 cm³/mol. The van der Waals surface area contributed by atoms with Crippen molar-refractivity contribution in [1.29, 1.82) is 0 Å². The van der Waals surface area contributed by atoms with E-state index in [4.69, 9.17) is 0 Å². The highest BCUT2D eigenvalue weighted by atomic mass is 32.2. The third-order valence-electron chi connectivity index (χ3n) is 3.52. The molecule has 1 aromatic carbocycles. The number of nitrogens with one attached hydrogen (secondary N) is 1. The summed E-state index contributed by atoms with van der Waals surface area (Å²) in [6.07, 6.45) is -1.90. The first-order valence-electron chi connectivity index (χ1n) is 7.15. The number of hydrogen-bond acceptors (Lipinski definition) is 3. The van der Waals surface area contributed by atoms with Crippen LogP contribution in [0.15, 0.2) is 29.2 Å². The zero-order valence-corrected chi connectivity index (χ0v) is 13.1. The maximum Gasteiger partial charge on any atom is 0.405 e. The summed E-state index contributed by atoms with van der Waals surface area (Å²) in [6, 6.07) is 4.91. The summed E-state index contributed by atoms with van der Waals surface area (Å²) in [6.45, 7) is -0.522. The normalized spacial score (nSPS) is 17.0. The summed E-state index contributed by atoms with van der Waals surface area (Å²) >= 11 is 0. The van der Waals surface area contributed by atoms with Gasteiger partial charge in [0.15, 0.2) is 0 Å². The molecule has 128 valence electrons. The van der Waals surface area contributed by atoms with Gasteiger partial charge in [-0.15, -0.1) is 0 Å². The van der Waals surface area contributed by atoms with Crippen molar-refractivity contribution in [2.75, 3.05) is 19.6 Å². The lowest BCUT2D eigenvalue weighted by molar-refractivity contribution is -0.123. The first kappa shape index (κ1) is 17.7.